The predicted molar refractivity (Wildman–Crippen MR) is 224 cm³/mol. The summed E-state index contributed by atoms with van der Waals surface area (Å²) in [5.74, 6) is 0. The van der Waals surface area contributed by atoms with Crippen LogP contribution in [-0.2, 0) is 0 Å². The average molecular weight is 659 g/mol. The van der Waals surface area contributed by atoms with Gasteiger partial charge >= 0.3 is 0 Å². The maximum absolute atomic E-state index is 2.46. The van der Waals surface area contributed by atoms with Gasteiger partial charge in [0.1, 0.15) is 0 Å². The van der Waals surface area contributed by atoms with Crippen LogP contribution in [0.5, 0.6) is 0 Å². The topological polar surface area (TPSA) is 0 Å². The van der Waals surface area contributed by atoms with Gasteiger partial charge in [-0.2, -0.15) is 0 Å². The Bertz CT molecular complexity index is 2940. The first-order chi connectivity index (χ1) is 25.8. The fourth-order valence-corrected chi connectivity index (χ4v) is 8.37. The van der Waals surface area contributed by atoms with Crippen LogP contribution in [0, 0.1) is 0 Å². The van der Waals surface area contributed by atoms with Crippen molar-refractivity contribution in [2.24, 2.45) is 0 Å². The molecule has 0 unspecified atom stereocenters. The molecule has 0 atom stereocenters. The Hall–Kier alpha value is -6.76. The van der Waals surface area contributed by atoms with E-state index in [0.29, 0.717) is 0 Å². The maximum atomic E-state index is 2.46. The van der Waals surface area contributed by atoms with E-state index in [-0.39, 0.29) is 0 Å². The summed E-state index contributed by atoms with van der Waals surface area (Å²) in [7, 11) is 0. The second kappa shape index (κ2) is 12.5. The number of rotatable bonds is 5. The van der Waals surface area contributed by atoms with Gasteiger partial charge in [-0.1, -0.05) is 200 Å². The summed E-state index contributed by atoms with van der Waals surface area (Å²) >= 11 is 0. The molecule has 0 aliphatic carbocycles. The van der Waals surface area contributed by atoms with Crippen LogP contribution >= 0.6 is 0 Å². The molecule has 0 aliphatic heterocycles. The molecule has 0 radical (unpaired) electrons. The molecule has 10 rings (SSSR count). The van der Waals surface area contributed by atoms with E-state index in [4.69, 9.17) is 0 Å². The van der Waals surface area contributed by atoms with Crippen LogP contribution in [0.3, 0.4) is 0 Å². The molecule has 0 heterocycles. The van der Waals surface area contributed by atoms with Crippen LogP contribution in [-0.4, -0.2) is 0 Å². The molecular weight excluding hydrogens is 625 g/mol. The largest absolute Gasteiger partial charge is 0.0622 e. The molecule has 0 aromatic heterocycles. The zero-order valence-corrected chi connectivity index (χ0v) is 28.6. The van der Waals surface area contributed by atoms with Gasteiger partial charge in [0.25, 0.3) is 0 Å². The van der Waals surface area contributed by atoms with Gasteiger partial charge in [0.05, 0.1) is 0 Å². The monoisotopic (exact) mass is 658 g/mol. The molecular formula is C52H34. The van der Waals surface area contributed by atoms with E-state index >= 15 is 0 Å². The molecule has 0 saturated carbocycles. The van der Waals surface area contributed by atoms with Crippen LogP contribution in [0.4, 0.5) is 0 Å². The Morgan fingerprint density at radius 1 is 0.192 bits per heavy atom. The second-order valence-electron chi connectivity index (χ2n) is 13.6. The smallest absolute Gasteiger partial charge is 0.00199 e. The lowest BCUT2D eigenvalue weighted by atomic mass is 9.82. The quantitative estimate of drug-likeness (QED) is 0.161. The normalized spacial score (nSPS) is 11.5. The van der Waals surface area contributed by atoms with Crippen molar-refractivity contribution in [3.8, 4) is 55.6 Å². The molecule has 0 nitrogen and oxygen atoms in total. The highest BCUT2D eigenvalue weighted by molar-refractivity contribution is 6.25. The summed E-state index contributed by atoms with van der Waals surface area (Å²) in [5, 5.41) is 10.0. The minimum absolute atomic E-state index is 1.20. The first kappa shape index (κ1) is 30.1. The molecule has 52 heavy (non-hydrogen) atoms. The molecule has 0 heteroatoms. The first-order valence-corrected chi connectivity index (χ1v) is 18.0. The molecule has 10 aromatic carbocycles. The third-order valence-corrected chi connectivity index (χ3v) is 10.7. The Morgan fingerprint density at radius 3 is 1.29 bits per heavy atom. The molecule has 10 aromatic rings. The number of hydrogen-bond acceptors (Lipinski definition) is 0. The number of benzene rings is 10. The minimum atomic E-state index is 1.20. The summed E-state index contributed by atoms with van der Waals surface area (Å²) in [6.45, 7) is 0. The lowest BCUT2D eigenvalue weighted by Crippen LogP contribution is -1.94. The van der Waals surface area contributed by atoms with E-state index in [1.807, 2.05) is 0 Å². The van der Waals surface area contributed by atoms with Crippen LogP contribution in [0.25, 0.3) is 98.7 Å². The Kier molecular flexibility index (Phi) is 7.25. The first-order valence-electron chi connectivity index (χ1n) is 18.0. The van der Waals surface area contributed by atoms with Crippen LogP contribution in [0.1, 0.15) is 0 Å². The van der Waals surface area contributed by atoms with Crippen molar-refractivity contribution < 1.29 is 0 Å². The molecule has 0 fully saturated rings. The van der Waals surface area contributed by atoms with Crippen molar-refractivity contribution in [2.75, 3.05) is 0 Å². The number of hydrogen-bond donors (Lipinski definition) is 0. The van der Waals surface area contributed by atoms with E-state index in [0.717, 1.165) is 0 Å². The van der Waals surface area contributed by atoms with Crippen LogP contribution in [0.15, 0.2) is 206 Å². The van der Waals surface area contributed by atoms with E-state index in [2.05, 4.69) is 206 Å². The fourth-order valence-electron chi connectivity index (χ4n) is 8.37. The lowest BCUT2D eigenvalue weighted by Gasteiger charge is -2.21. The van der Waals surface area contributed by atoms with E-state index in [1.54, 1.807) is 0 Å². The molecule has 0 saturated heterocycles. The molecule has 0 bridgehead atoms. The highest BCUT2D eigenvalue weighted by Crippen LogP contribution is 2.48. The van der Waals surface area contributed by atoms with Gasteiger partial charge in [-0.25, -0.2) is 0 Å². The second-order valence-corrected chi connectivity index (χ2v) is 13.6. The van der Waals surface area contributed by atoms with E-state index in [1.165, 1.54) is 98.7 Å². The van der Waals surface area contributed by atoms with Gasteiger partial charge in [-0.05, 0) is 105 Å². The Morgan fingerprint density at radius 2 is 0.615 bits per heavy atom. The third kappa shape index (κ3) is 4.92. The summed E-state index contributed by atoms with van der Waals surface area (Å²) < 4.78 is 0. The zero-order chi connectivity index (χ0) is 34.4. The van der Waals surface area contributed by atoms with Crippen molar-refractivity contribution in [1.82, 2.24) is 0 Å². The van der Waals surface area contributed by atoms with Gasteiger partial charge in [0.15, 0.2) is 0 Å². The Balaban J connectivity index is 1.33. The molecule has 0 spiro atoms. The Labute approximate surface area is 303 Å². The zero-order valence-electron chi connectivity index (χ0n) is 28.6. The van der Waals surface area contributed by atoms with Crippen LogP contribution in [0.2, 0.25) is 0 Å². The predicted octanol–water partition coefficient (Wildman–Crippen LogP) is 14.6. The van der Waals surface area contributed by atoms with Crippen molar-refractivity contribution in [3.05, 3.63) is 206 Å². The lowest BCUT2D eigenvalue weighted by molar-refractivity contribution is 1.60. The highest BCUT2D eigenvalue weighted by atomic mass is 14.2. The summed E-state index contributed by atoms with van der Waals surface area (Å²) in [6.07, 6.45) is 0. The van der Waals surface area contributed by atoms with Gasteiger partial charge in [0.2, 0.25) is 0 Å². The van der Waals surface area contributed by atoms with Crippen molar-refractivity contribution in [1.29, 1.82) is 0 Å². The summed E-state index contributed by atoms with van der Waals surface area (Å²) in [5.41, 5.74) is 12.4. The average Bonchev–Trinajstić information content (AvgIpc) is 3.22. The highest BCUT2D eigenvalue weighted by Gasteiger charge is 2.21. The van der Waals surface area contributed by atoms with Gasteiger partial charge < -0.3 is 0 Å². The van der Waals surface area contributed by atoms with E-state index < -0.39 is 0 Å². The molecule has 0 amide bonds. The van der Waals surface area contributed by atoms with Gasteiger partial charge in [-0.3, -0.25) is 0 Å². The van der Waals surface area contributed by atoms with Crippen molar-refractivity contribution in [3.63, 3.8) is 0 Å². The van der Waals surface area contributed by atoms with Crippen molar-refractivity contribution >= 4 is 43.1 Å². The fraction of sp³-hybridized carbons (Fsp3) is 0. The third-order valence-electron chi connectivity index (χ3n) is 10.7. The molecule has 0 N–H and O–H groups in total. The van der Waals surface area contributed by atoms with Gasteiger partial charge in [0, 0.05) is 0 Å². The molecule has 0 aliphatic rings. The minimum Gasteiger partial charge on any atom is -0.0622 e. The maximum Gasteiger partial charge on any atom is -0.00199 e. The summed E-state index contributed by atoms with van der Waals surface area (Å²) in [6, 6.07) is 75.6. The van der Waals surface area contributed by atoms with Gasteiger partial charge in [-0.15, -0.1) is 0 Å². The van der Waals surface area contributed by atoms with E-state index in [9.17, 15) is 0 Å². The summed E-state index contributed by atoms with van der Waals surface area (Å²) in [4.78, 5) is 0. The number of fused-ring (bicyclic) bond motifs is 4. The van der Waals surface area contributed by atoms with Crippen molar-refractivity contribution in [2.45, 2.75) is 0 Å². The SMILES string of the molecule is c1ccc(-c2ccccc2-c2c3ccccc3c(-c3cccc4ccccc34)c3ccc(-c4ccccc4-c4cccc5ccccc45)cc23)cc1. The van der Waals surface area contributed by atoms with Crippen LogP contribution < -0.4 is 0 Å². The standard InChI is InChI=1S/C52H34/c1-2-16-35(17-3-1)40-24-9-11-27-45(40)52-48-29-13-12-28-47(48)51(46-31-15-21-37-19-5-7-23-41(37)46)49-33-32-38(34-50(49)52)42-25-8-10-26-43(42)44-30-14-20-36-18-4-6-22-39(36)44/h1-34H. The molecule has 242 valence electrons.